The van der Waals surface area contributed by atoms with Gasteiger partial charge < -0.3 is 10.0 Å². The number of anilines is 1. The lowest BCUT2D eigenvalue weighted by molar-refractivity contribution is -0.138. The lowest BCUT2D eigenvalue weighted by Crippen LogP contribution is -2.42. The number of hydrogen-bond acceptors (Lipinski definition) is 6. The number of aromatic nitrogens is 5. The molecule has 2 N–H and O–H groups in total. The first-order valence-electron chi connectivity index (χ1n) is 11.7. The maximum absolute atomic E-state index is 12.7. The number of H-pyrrole nitrogens is 1. The predicted molar refractivity (Wildman–Crippen MR) is 121 cm³/mol. The Morgan fingerprint density at radius 1 is 1.03 bits per heavy atom. The molecule has 2 aliphatic rings. The van der Waals surface area contributed by atoms with Crippen molar-refractivity contribution in [3.63, 3.8) is 0 Å². The number of benzene rings is 1. The summed E-state index contributed by atoms with van der Waals surface area (Å²) in [5.41, 5.74) is 2.68. The van der Waals surface area contributed by atoms with Crippen molar-refractivity contribution in [2.75, 3.05) is 4.90 Å². The van der Waals surface area contributed by atoms with Gasteiger partial charge in [0.25, 0.3) is 0 Å². The van der Waals surface area contributed by atoms with Crippen molar-refractivity contribution >= 4 is 5.95 Å². The Labute approximate surface area is 195 Å². The first-order valence-corrected chi connectivity index (χ1v) is 11.7. The summed E-state index contributed by atoms with van der Waals surface area (Å²) >= 11 is 0. The van der Waals surface area contributed by atoms with Crippen LogP contribution in [0.2, 0.25) is 0 Å². The van der Waals surface area contributed by atoms with Crippen molar-refractivity contribution in [2.45, 2.75) is 69.6 Å². The maximum atomic E-state index is 12.7. The van der Waals surface area contributed by atoms with E-state index >= 15 is 0 Å². The van der Waals surface area contributed by atoms with Gasteiger partial charge in [-0.05, 0) is 55.7 Å². The molecule has 10 heteroatoms. The second-order valence-corrected chi connectivity index (χ2v) is 9.34. The topological polar surface area (TPSA) is 90.8 Å². The fourth-order valence-electron chi connectivity index (χ4n) is 4.97. The van der Waals surface area contributed by atoms with Gasteiger partial charge >= 0.3 is 6.18 Å². The number of hydrogen-bond donors (Lipinski definition) is 2. The van der Waals surface area contributed by atoms with Gasteiger partial charge in [0, 0.05) is 35.8 Å². The number of aromatic hydroxyl groups is 1. The molecule has 1 aromatic carbocycles. The standard InChI is InChI=1S/C24H27F3N6O/c25-24(26,27)9-8-15-2-1-3-19(10-15)33(18-5-6-18)23-28-14-21(31-32-23)20-7-4-16(11-22(20)34)17-12-29-30-13-17/h4,7,11-15,18-19,34H,1-3,5-6,8-10H2,(H,29,30)/t15-,19-/m0/s1. The number of halogens is 3. The zero-order valence-electron chi connectivity index (χ0n) is 18.7. The highest BCUT2D eigenvalue weighted by molar-refractivity contribution is 5.73. The summed E-state index contributed by atoms with van der Waals surface area (Å²) in [5, 5.41) is 25.9. The molecular weight excluding hydrogens is 445 g/mol. The molecule has 0 saturated heterocycles. The number of alkyl halides is 3. The average molecular weight is 473 g/mol. The van der Waals surface area contributed by atoms with Crippen LogP contribution in [0.25, 0.3) is 22.4 Å². The summed E-state index contributed by atoms with van der Waals surface area (Å²) in [4.78, 5) is 6.74. The first-order chi connectivity index (χ1) is 16.4. The molecule has 0 unspecified atom stereocenters. The third-order valence-corrected chi connectivity index (χ3v) is 6.81. The fraction of sp³-hybridized carbons (Fsp3) is 0.500. The van der Waals surface area contributed by atoms with Crippen LogP contribution in [0.5, 0.6) is 5.75 Å². The molecule has 180 valence electrons. The minimum Gasteiger partial charge on any atom is -0.507 e. The number of phenolic OH excluding ortho intramolecular Hbond substituents is 1. The summed E-state index contributed by atoms with van der Waals surface area (Å²) in [7, 11) is 0. The molecule has 2 heterocycles. The predicted octanol–water partition coefficient (Wildman–Crippen LogP) is 5.50. The van der Waals surface area contributed by atoms with Crippen molar-refractivity contribution in [1.82, 2.24) is 25.4 Å². The molecule has 2 aliphatic carbocycles. The van der Waals surface area contributed by atoms with Crippen LogP contribution in [0.3, 0.4) is 0 Å². The lowest BCUT2D eigenvalue weighted by atomic mass is 9.82. The Bertz CT molecular complexity index is 1100. The van der Waals surface area contributed by atoms with E-state index in [9.17, 15) is 18.3 Å². The number of phenols is 1. The van der Waals surface area contributed by atoms with Gasteiger partial charge in [-0.2, -0.15) is 18.3 Å². The molecule has 0 aliphatic heterocycles. The molecule has 3 aromatic rings. The van der Waals surface area contributed by atoms with Crippen LogP contribution in [-0.2, 0) is 0 Å². The van der Waals surface area contributed by atoms with E-state index in [0.717, 1.165) is 49.7 Å². The zero-order valence-corrected chi connectivity index (χ0v) is 18.7. The lowest BCUT2D eigenvalue weighted by Gasteiger charge is -2.37. The normalized spacial score (nSPS) is 20.9. The Morgan fingerprint density at radius 2 is 1.88 bits per heavy atom. The van der Waals surface area contributed by atoms with Gasteiger partial charge in [-0.1, -0.05) is 18.9 Å². The van der Waals surface area contributed by atoms with Gasteiger partial charge in [0.15, 0.2) is 0 Å². The van der Waals surface area contributed by atoms with E-state index in [1.807, 2.05) is 6.07 Å². The molecule has 2 atom stereocenters. The van der Waals surface area contributed by atoms with Crippen LogP contribution in [0, 0.1) is 5.92 Å². The molecule has 34 heavy (non-hydrogen) atoms. The van der Waals surface area contributed by atoms with E-state index in [-0.39, 0.29) is 24.1 Å². The van der Waals surface area contributed by atoms with E-state index in [1.54, 1.807) is 30.7 Å². The number of nitrogens with zero attached hydrogens (tertiary/aromatic N) is 5. The van der Waals surface area contributed by atoms with E-state index < -0.39 is 12.6 Å². The summed E-state index contributed by atoms with van der Waals surface area (Å²) in [6.07, 6.45) is 5.88. The highest BCUT2D eigenvalue weighted by Gasteiger charge is 2.39. The third kappa shape index (κ3) is 5.15. The minimum absolute atomic E-state index is 0.0690. The van der Waals surface area contributed by atoms with E-state index in [0.29, 0.717) is 23.2 Å². The molecule has 0 amide bonds. The molecule has 0 radical (unpaired) electrons. The van der Waals surface area contributed by atoms with Gasteiger partial charge in [0.2, 0.25) is 5.95 Å². The SMILES string of the molecule is Oc1cc(-c2cn[nH]c2)ccc1-c1cnc(N(C2CC2)[C@H]2CCC[C@@H](CCC(F)(F)F)C2)nn1. The second-order valence-electron chi connectivity index (χ2n) is 9.34. The number of aromatic amines is 1. The van der Waals surface area contributed by atoms with E-state index in [4.69, 9.17) is 0 Å². The molecular formula is C24H27F3N6O. The summed E-state index contributed by atoms with van der Waals surface area (Å²) in [6.45, 7) is 0. The van der Waals surface area contributed by atoms with Gasteiger partial charge in [-0.15, -0.1) is 10.2 Å². The van der Waals surface area contributed by atoms with Crippen LogP contribution in [0.15, 0.2) is 36.8 Å². The van der Waals surface area contributed by atoms with Crippen LogP contribution < -0.4 is 4.90 Å². The Kier molecular flexibility index (Phi) is 6.14. The smallest absolute Gasteiger partial charge is 0.389 e. The second kappa shape index (κ2) is 9.23. The molecule has 5 rings (SSSR count). The zero-order chi connectivity index (χ0) is 23.7. The van der Waals surface area contributed by atoms with Gasteiger partial charge in [0.05, 0.1) is 12.4 Å². The van der Waals surface area contributed by atoms with Gasteiger partial charge in [-0.25, -0.2) is 4.98 Å². The summed E-state index contributed by atoms with van der Waals surface area (Å²) < 4.78 is 38.1. The van der Waals surface area contributed by atoms with E-state index in [1.165, 1.54) is 0 Å². The van der Waals surface area contributed by atoms with Crippen LogP contribution in [-0.4, -0.2) is 48.7 Å². The molecule has 0 bridgehead atoms. The van der Waals surface area contributed by atoms with Crippen LogP contribution in [0.1, 0.15) is 51.4 Å². The average Bonchev–Trinajstić information content (AvgIpc) is 3.49. The van der Waals surface area contributed by atoms with Crippen molar-refractivity contribution in [3.8, 4) is 28.1 Å². The molecule has 2 aromatic heterocycles. The third-order valence-electron chi connectivity index (χ3n) is 6.81. The highest BCUT2D eigenvalue weighted by atomic mass is 19.4. The van der Waals surface area contributed by atoms with Crippen molar-refractivity contribution in [1.29, 1.82) is 0 Å². The molecule has 7 nitrogen and oxygen atoms in total. The van der Waals surface area contributed by atoms with Crippen molar-refractivity contribution in [2.24, 2.45) is 5.92 Å². The number of nitrogens with one attached hydrogen (secondary N) is 1. The van der Waals surface area contributed by atoms with Gasteiger partial charge in [-0.3, -0.25) is 5.10 Å². The maximum Gasteiger partial charge on any atom is 0.389 e. The Balaban J connectivity index is 1.31. The largest absolute Gasteiger partial charge is 0.507 e. The van der Waals surface area contributed by atoms with E-state index in [2.05, 4.69) is 30.3 Å². The summed E-state index contributed by atoms with van der Waals surface area (Å²) in [6, 6.07) is 5.75. The Hall–Kier alpha value is -3.17. The molecule has 0 spiro atoms. The Morgan fingerprint density at radius 3 is 2.53 bits per heavy atom. The molecule has 2 saturated carbocycles. The highest BCUT2D eigenvalue weighted by Crippen LogP contribution is 2.40. The van der Waals surface area contributed by atoms with Crippen LogP contribution >= 0.6 is 0 Å². The van der Waals surface area contributed by atoms with Crippen molar-refractivity contribution in [3.05, 3.63) is 36.8 Å². The summed E-state index contributed by atoms with van der Waals surface area (Å²) in [5.74, 6) is 0.656. The minimum atomic E-state index is -4.10. The van der Waals surface area contributed by atoms with Gasteiger partial charge in [0.1, 0.15) is 11.4 Å². The quantitative estimate of drug-likeness (QED) is 0.472. The first kappa shape index (κ1) is 22.6. The van der Waals surface area contributed by atoms with Crippen LogP contribution in [0.4, 0.5) is 19.1 Å². The fourth-order valence-corrected chi connectivity index (χ4v) is 4.97. The monoisotopic (exact) mass is 472 g/mol. The molecule has 2 fully saturated rings. The number of rotatable bonds is 7. The van der Waals surface area contributed by atoms with Crippen molar-refractivity contribution < 1.29 is 18.3 Å².